The molecule has 0 unspecified atom stereocenters. The van der Waals surface area contributed by atoms with Gasteiger partial charge in [0.2, 0.25) is 0 Å². The minimum absolute atomic E-state index is 0.377. The molecule has 0 fully saturated rings. The third-order valence-electron chi connectivity index (χ3n) is 2.70. The molecule has 1 N–H and O–H groups in total. The van der Waals surface area contributed by atoms with Crippen LogP contribution < -0.4 is 5.32 Å². The number of anilines is 1. The summed E-state index contributed by atoms with van der Waals surface area (Å²) in [7, 11) is 0. The minimum atomic E-state index is 0.377. The molecule has 0 atom stereocenters. The van der Waals surface area contributed by atoms with Gasteiger partial charge in [0, 0.05) is 31.1 Å². The topological polar surface area (TPSA) is 72.2 Å². The van der Waals surface area contributed by atoms with E-state index in [0.717, 1.165) is 17.7 Å². The molecule has 0 saturated carbocycles. The van der Waals surface area contributed by atoms with Gasteiger partial charge in [-0.25, -0.2) is 4.98 Å². The number of rotatable bonds is 4. The van der Waals surface area contributed by atoms with Crippen LogP contribution in [0.4, 0.5) is 5.82 Å². The number of nitrogens with one attached hydrogen (secondary N) is 1. The molecule has 0 radical (unpaired) electrons. The molecule has 0 aromatic carbocycles. The van der Waals surface area contributed by atoms with Crippen LogP contribution in [0.1, 0.15) is 16.1 Å². The molecule has 6 heteroatoms. The molecule has 0 amide bonds. The summed E-state index contributed by atoms with van der Waals surface area (Å²) in [6.07, 6.45) is 5.88. The first kappa shape index (κ1) is 11.3. The summed E-state index contributed by atoms with van der Waals surface area (Å²) in [6.45, 7) is 0.602. The predicted octanol–water partition coefficient (Wildman–Crippen LogP) is 1.55. The van der Waals surface area contributed by atoms with Crippen molar-refractivity contribution < 1.29 is 4.79 Å². The van der Waals surface area contributed by atoms with E-state index in [1.807, 2.05) is 12.1 Å². The Bertz CT molecular complexity index is 707. The molecule has 6 nitrogen and oxygen atoms in total. The first-order valence-electron chi connectivity index (χ1n) is 5.79. The van der Waals surface area contributed by atoms with Gasteiger partial charge in [0.25, 0.3) is 0 Å². The van der Waals surface area contributed by atoms with Crippen LogP contribution in [-0.2, 0) is 6.54 Å². The van der Waals surface area contributed by atoms with Crippen molar-refractivity contribution in [1.29, 1.82) is 0 Å². The molecule has 0 spiro atoms. The monoisotopic (exact) mass is 253 g/mol. The van der Waals surface area contributed by atoms with Crippen molar-refractivity contribution in [1.82, 2.24) is 19.6 Å². The van der Waals surface area contributed by atoms with Gasteiger partial charge in [-0.3, -0.25) is 9.78 Å². The number of carbonyl (C=O) groups is 1. The molecule has 3 heterocycles. The van der Waals surface area contributed by atoms with Crippen molar-refractivity contribution in [3.05, 3.63) is 54.1 Å². The molecule has 0 aliphatic carbocycles. The van der Waals surface area contributed by atoms with Crippen LogP contribution in [0, 0.1) is 0 Å². The quantitative estimate of drug-likeness (QED) is 0.714. The fraction of sp³-hybridized carbons (Fsp3) is 0.0769. The smallest absolute Gasteiger partial charge is 0.168 e. The normalized spacial score (nSPS) is 10.5. The Labute approximate surface area is 109 Å². The van der Waals surface area contributed by atoms with Gasteiger partial charge < -0.3 is 5.32 Å². The van der Waals surface area contributed by atoms with Crippen molar-refractivity contribution >= 4 is 17.8 Å². The zero-order chi connectivity index (χ0) is 13.1. The number of pyridine rings is 1. The lowest BCUT2D eigenvalue weighted by molar-refractivity contribution is 0.111. The first-order valence-corrected chi connectivity index (χ1v) is 5.79. The highest BCUT2D eigenvalue weighted by Crippen LogP contribution is 2.12. The van der Waals surface area contributed by atoms with Crippen LogP contribution in [0.2, 0.25) is 0 Å². The lowest BCUT2D eigenvalue weighted by Gasteiger charge is -2.08. The fourth-order valence-corrected chi connectivity index (χ4v) is 1.81. The lowest BCUT2D eigenvalue weighted by Crippen LogP contribution is -2.07. The van der Waals surface area contributed by atoms with Crippen molar-refractivity contribution in [2.45, 2.75) is 6.54 Å². The Morgan fingerprint density at radius 3 is 3.05 bits per heavy atom. The van der Waals surface area contributed by atoms with Crippen molar-refractivity contribution in [3.63, 3.8) is 0 Å². The zero-order valence-electron chi connectivity index (χ0n) is 10.0. The average Bonchev–Trinajstić information content (AvgIpc) is 2.94. The number of aromatic nitrogens is 4. The number of aldehydes is 1. The van der Waals surface area contributed by atoms with E-state index in [0.29, 0.717) is 17.9 Å². The highest BCUT2D eigenvalue weighted by Gasteiger charge is 2.05. The van der Waals surface area contributed by atoms with Gasteiger partial charge in [-0.05, 0) is 11.6 Å². The second kappa shape index (κ2) is 4.85. The fourth-order valence-electron chi connectivity index (χ4n) is 1.81. The van der Waals surface area contributed by atoms with Crippen LogP contribution in [0.5, 0.6) is 0 Å². The summed E-state index contributed by atoms with van der Waals surface area (Å²) in [4.78, 5) is 19.1. The highest BCUT2D eigenvalue weighted by atomic mass is 16.1. The van der Waals surface area contributed by atoms with Gasteiger partial charge in [-0.15, -0.1) is 0 Å². The van der Waals surface area contributed by atoms with E-state index in [1.165, 1.54) is 0 Å². The van der Waals surface area contributed by atoms with Gasteiger partial charge in [0.05, 0.1) is 6.20 Å². The molecule has 94 valence electrons. The maximum Gasteiger partial charge on any atom is 0.168 e. The van der Waals surface area contributed by atoms with E-state index < -0.39 is 0 Å². The standard InChI is InChI=1S/C13H11N5O/c19-9-11-6-13(18-12(17-11)3-5-16-18)15-8-10-2-1-4-14-7-10/h1-7,9,15H,8H2. The van der Waals surface area contributed by atoms with Crippen LogP contribution in [-0.4, -0.2) is 25.9 Å². The third-order valence-corrected chi connectivity index (χ3v) is 2.70. The molecule has 3 aromatic heterocycles. The van der Waals surface area contributed by atoms with Gasteiger partial charge in [0.15, 0.2) is 11.9 Å². The van der Waals surface area contributed by atoms with E-state index >= 15 is 0 Å². The second-order valence-electron chi connectivity index (χ2n) is 4.00. The maximum atomic E-state index is 10.9. The number of hydrogen-bond acceptors (Lipinski definition) is 5. The molecule has 0 aliphatic heterocycles. The van der Waals surface area contributed by atoms with Crippen molar-refractivity contribution in [2.24, 2.45) is 0 Å². The van der Waals surface area contributed by atoms with Crippen LogP contribution in [0.25, 0.3) is 5.65 Å². The van der Waals surface area contributed by atoms with Gasteiger partial charge in [0.1, 0.15) is 11.5 Å². The number of nitrogens with zero attached hydrogens (tertiary/aromatic N) is 4. The van der Waals surface area contributed by atoms with Gasteiger partial charge in [-0.1, -0.05) is 6.07 Å². The number of fused-ring (bicyclic) bond motifs is 1. The molecule has 19 heavy (non-hydrogen) atoms. The number of carbonyl (C=O) groups excluding carboxylic acids is 1. The van der Waals surface area contributed by atoms with Gasteiger partial charge in [-0.2, -0.15) is 9.61 Å². The lowest BCUT2D eigenvalue weighted by atomic mass is 10.3. The highest BCUT2D eigenvalue weighted by molar-refractivity contribution is 5.75. The molecule has 0 aliphatic rings. The van der Waals surface area contributed by atoms with E-state index in [1.54, 1.807) is 35.2 Å². The Kier molecular flexibility index (Phi) is 2.89. The third kappa shape index (κ3) is 2.28. The molecule has 3 rings (SSSR count). The molecular formula is C13H11N5O. The van der Waals surface area contributed by atoms with Gasteiger partial charge >= 0.3 is 0 Å². The molecule has 3 aromatic rings. The Balaban J connectivity index is 1.91. The summed E-state index contributed by atoms with van der Waals surface area (Å²) in [5.41, 5.74) is 2.06. The van der Waals surface area contributed by atoms with E-state index in [-0.39, 0.29) is 0 Å². The van der Waals surface area contributed by atoms with E-state index in [4.69, 9.17) is 0 Å². The second-order valence-corrected chi connectivity index (χ2v) is 4.00. The van der Waals surface area contributed by atoms with Crippen molar-refractivity contribution in [3.8, 4) is 0 Å². The van der Waals surface area contributed by atoms with Crippen LogP contribution in [0.15, 0.2) is 42.9 Å². The van der Waals surface area contributed by atoms with Crippen molar-refractivity contribution in [2.75, 3.05) is 5.32 Å². The van der Waals surface area contributed by atoms with E-state index in [2.05, 4.69) is 20.4 Å². The summed E-state index contributed by atoms with van der Waals surface area (Å²) in [5, 5.41) is 7.39. The molecule has 0 saturated heterocycles. The summed E-state index contributed by atoms with van der Waals surface area (Å²) >= 11 is 0. The predicted molar refractivity (Wildman–Crippen MR) is 69.9 cm³/mol. The summed E-state index contributed by atoms with van der Waals surface area (Å²) < 4.78 is 1.66. The van der Waals surface area contributed by atoms with E-state index in [9.17, 15) is 4.79 Å². The Morgan fingerprint density at radius 1 is 1.32 bits per heavy atom. The minimum Gasteiger partial charge on any atom is -0.366 e. The van der Waals surface area contributed by atoms with Crippen LogP contribution >= 0.6 is 0 Å². The molecule has 0 bridgehead atoms. The zero-order valence-corrected chi connectivity index (χ0v) is 10.0. The Hall–Kier alpha value is -2.76. The maximum absolute atomic E-state index is 10.9. The molecular weight excluding hydrogens is 242 g/mol. The first-order chi connectivity index (χ1) is 9.36. The SMILES string of the molecule is O=Cc1cc(NCc2cccnc2)n2nccc2n1. The number of hydrogen-bond donors (Lipinski definition) is 1. The average molecular weight is 253 g/mol. The largest absolute Gasteiger partial charge is 0.366 e. The summed E-state index contributed by atoms with van der Waals surface area (Å²) in [6, 6.07) is 7.28. The van der Waals surface area contributed by atoms with Crippen LogP contribution in [0.3, 0.4) is 0 Å². The Morgan fingerprint density at radius 2 is 2.26 bits per heavy atom. The summed E-state index contributed by atoms with van der Waals surface area (Å²) in [5.74, 6) is 0.723.